The summed E-state index contributed by atoms with van der Waals surface area (Å²) in [7, 11) is 0. The Kier molecular flexibility index (Phi) is 3.74. The molecular weight excluding hydrogens is 244 g/mol. The van der Waals surface area contributed by atoms with Gasteiger partial charge in [-0.2, -0.15) is 0 Å². The Balaban J connectivity index is 2.05. The first-order chi connectivity index (χ1) is 9.03. The van der Waals surface area contributed by atoms with Gasteiger partial charge in [0.25, 0.3) is 0 Å². The van der Waals surface area contributed by atoms with Crippen molar-refractivity contribution in [3.05, 3.63) is 29.8 Å². The standard InChI is InChI=1S/C14H18N2O3/c1-10-6-2-3-7-11(10)15-13(19)16-14(12(17)18)8-4-5-9-14/h2-3,6-7H,4-5,8-9H2,1H3,(H,17,18)(H2,15,16,19). The molecule has 0 atom stereocenters. The first-order valence-corrected chi connectivity index (χ1v) is 6.42. The van der Waals surface area contributed by atoms with Crippen LogP contribution < -0.4 is 10.6 Å². The molecule has 0 heterocycles. The Hall–Kier alpha value is -2.04. The summed E-state index contributed by atoms with van der Waals surface area (Å²) in [5.74, 6) is -0.954. The summed E-state index contributed by atoms with van der Waals surface area (Å²) in [5.41, 5.74) is 0.527. The van der Waals surface area contributed by atoms with Gasteiger partial charge in [0, 0.05) is 5.69 Å². The van der Waals surface area contributed by atoms with Crippen molar-refractivity contribution in [2.45, 2.75) is 38.1 Å². The van der Waals surface area contributed by atoms with Crippen molar-refractivity contribution in [2.75, 3.05) is 5.32 Å². The lowest BCUT2D eigenvalue weighted by atomic mass is 9.98. The van der Waals surface area contributed by atoms with Crippen LogP contribution in [-0.2, 0) is 4.79 Å². The maximum absolute atomic E-state index is 11.9. The van der Waals surface area contributed by atoms with E-state index in [1.54, 1.807) is 6.07 Å². The van der Waals surface area contributed by atoms with Crippen LogP contribution >= 0.6 is 0 Å². The maximum atomic E-state index is 11.9. The molecule has 2 amide bonds. The SMILES string of the molecule is Cc1ccccc1NC(=O)NC1(C(=O)O)CCCC1. The van der Waals surface area contributed by atoms with Crippen LogP contribution in [-0.4, -0.2) is 22.6 Å². The highest BCUT2D eigenvalue weighted by Crippen LogP contribution is 2.30. The van der Waals surface area contributed by atoms with Crippen LogP contribution in [0.5, 0.6) is 0 Å². The van der Waals surface area contributed by atoms with Gasteiger partial charge in [-0.1, -0.05) is 31.0 Å². The summed E-state index contributed by atoms with van der Waals surface area (Å²) in [5, 5.41) is 14.6. The van der Waals surface area contributed by atoms with Gasteiger partial charge in [-0.05, 0) is 31.4 Å². The third-order valence-electron chi connectivity index (χ3n) is 3.61. The van der Waals surface area contributed by atoms with Gasteiger partial charge in [-0.3, -0.25) is 0 Å². The molecule has 0 radical (unpaired) electrons. The number of urea groups is 1. The normalized spacial score (nSPS) is 16.9. The van der Waals surface area contributed by atoms with Crippen molar-refractivity contribution in [1.29, 1.82) is 0 Å². The third-order valence-corrected chi connectivity index (χ3v) is 3.61. The predicted molar refractivity (Wildman–Crippen MR) is 72.2 cm³/mol. The molecule has 1 fully saturated rings. The van der Waals surface area contributed by atoms with E-state index in [0.29, 0.717) is 18.5 Å². The van der Waals surface area contributed by atoms with Gasteiger partial charge < -0.3 is 15.7 Å². The van der Waals surface area contributed by atoms with E-state index in [0.717, 1.165) is 18.4 Å². The summed E-state index contributed by atoms with van der Waals surface area (Å²) >= 11 is 0. The van der Waals surface area contributed by atoms with Gasteiger partial charge in [0.1, 0.15) is 5.54 Å². The molecule has 19 heavy (non-hydrogen) atoms. The van der Waals surface area contributed by atoms with Crippen LogP contribution in [0.25, 0.3) is 0 Å². The van der Waals surface area contributed by atoms with Gasteiger partial charge >= 0.3 is 12.0 Å². The Labute approximate surface area is 112 Å². The Morgan fingerprint density at radius 2 is 1.84 bits per heavy atom. The highest BCUT2D eigenvalue weighted by molar-refractivity contribution is 5.94. The summed E-state index contributed by atoms with van der Waals surface area (Å²) in [4.78, 5) is 23.3. The Morgan fingerprint density at radius 1 is 1.21 bits per heavy atom. The summed E-state index contributed by atoms with van der Waals surface area (Å²) in [6.45, 7) is 1.89. The lowest BCUT2D eigenvalue weighted by Gasteiger charge is -2.25. The van der Waals surface area contributed by atoms with E-state index in [1.807, 2.05) is 25.1 Å². The molecule has 2 rings (SSSR count). The predicted octanol–water partition coefficient (Wildman–Crippen LogP) is 2.51. The number of aliphatic carboxylic acids is 1. The molecule has 0 unspecified atom stereocenters. The monoisotopic (exact) mass is 262 g/mol. The molecule has 1 aromatic carbocycles. The molecule has 0 aromatic heterocycles. The zero-order chi connectivity index (χ0) is 13.9. The second-order valence-electron chi connectivity index (χ2n) is 4.99. The molecule has 3 N–H and O–H groups in total. The number of anilines is 1. The molecule has 0 bridgehead atoms. The number of carbonyl (C=O) groups excluding carboxylic acids is 1. The lowest BCUT2D eigenvalue weighted by Crippen LogP contribution is -2.53. The number of amides is 2. The average Bonchev–Trinajstić information content (AvgIpc) is 2.82. The highest BCUT2D eigenvalue weighted by atomic mass is 16.4. The fraction of sp³-hybridized carbons (Fsp3) is 0.429. The van der Waals surface area contributed by atoms with E-state index >= 15 is 0 Å². The molecule has 0 aliphatic heterocycles. The third kappa shape index (κ3) is 2.86. The zero-order valence-electron chi connectivity index (χ0n) is 10.9. The topological polar surface area (TPSA) is 78.4 Å². The van der Waals surface area contributed by atoms with E-state index in [4.69, 9.17) is 0 Å². The number of carbonyl (C=O) groups is 2. The van der Waals surface area contributed by atoms with Crippen molar-refractivity contribution >= 4 is 17.7 Å². The highest BCUT2D eigenvalue weighted by Gasteiger charge is 2.42. The van der Waals surface area contributed by atoms with E-state index in [1.165, 1.54) is 0 Å². The number of carboxylic acids is 1. The van der Waals surface area contributed by atoms with Crippen LogP contribution in [0, 0.1) is 6.92 Å². The van der Waals surface area contributed by atoms with E-state index in [9.17, 15) is 14.7 Å². The fourth-order valence-corrected chi connectivity index (χ4v) is 2.45. The second kappa shape index (κ2) is 5.30. The van der Waals surface area contributed by atoms with E-state index in [-0.39, 0.29) is 0 Å². The van der Waals surface area contributed by atoms with Gasteiger partial charge in [-0.25, -0.2) is 9.59 Å². The van der Waals surface area contributed by atoms with Crippen LogP contribution in [0.4, 0.5) is 10.5 Å². The molecule has 1 aliphatic rings. The van der Waals surface area contributed by atoms with Crippen molar-refractivity contribution in [1.82, 2.24) is 5.32 Å². The quantitative estimate of drug-likeness (QED) is 0.783. The molecule has 5 nitrogen and oxygen atoms in total. The minimum Gasteiger partial charge on any atom is -0.480 e. The molecule has 0 saturated heterocycles. The lowest BCUT2D eigenvalue weighted by molar-refractivity contribution is -0.144. The largest absolute Gasteiger partial charge is 0.480 e. The van der Waals surface area contributed by atoms with Crippen molar-refractivity contribution in [3.8, 4) is 0 Å². The molecule has 1 aliphatic carbocycles. The molecule has 0 spiro atoms. The van der Waals surface area contributed by atoms with Crippen LogP contribution in [0.3, 0.4) is 0 Å². The molecule has 1 aromatic rings. The summed E-state index contributed by atoms with van der Waals surface area (Å²) < 4.78 is 0. The minimum absolute atomic E-state index is 0.460. The summed E-state index contributed by atoms with van der Waals surface area (Å²) in [6, 6.07) is 6.92. The Bertz CT molecular complexity index is 493. The van der Waals surface area contributed by atoms with Crippen LogP contribution in [0.15, 0.2) is 24.3 Å². The van der Waals surface area contributed by atoms with Gasteiger partial charge in [0.2, 0.25) is 0 Å². The first-order valence-electron chi connectivity index (χ1n) is 6.42. The van der Waals surface area contributed by atoms with Gasteiger partial charge in [-0.15, -0.1) is 0 Å². The maximum Gasteiger partial charge on any atom is 0.329 e. The average molecular weight is 262 g/mol. The zero-order valence-corrected chi connectivity index (χ0v) is 10.9. The number of benzene rings is 1. The van der Waals surface area contributed by atoms with Gasteiger partial charge in [0.15, 0.2) is 0 Å². The van der Waals surface area contributed by atoms with Gasteiger partial charge in [0.05, 0.1) is 0 Å². The number of carboxylic acid groups (broad SMARTS) is 1. The molecule has 5 heteroatoms. The second-order valence-corrected chi connectivity index (χ2v) is 4.99. The van der Waals surface area contributed by atoms with Crippen molar-refractivity contribution in [3.63, 3.8) is 0 Å². The van der Waals surface area contributed by atoms with E-state index < -0.39 is 17.5 Å². The smallest absolute Gasteiger partial charge is 0.329 e. The van der Waals surface area contributed by atoms with Crippen molar-refractivity contribution < 1.29 is 14.7 Å². The van der Waals surface area contributed by atoms with Crippen LogP contribution in [0.2, 0.25) is 0 Å². The minimum atomic E-state index is -1.10. The fourth-order valence-electron chi connectivity index (χ4n) is 2.45. The number of rotatable bonds is 3. The number of aryl methyl sites for hydroxylation is 1. The molecule has 102 valence electrons. The van der Waals surface area contributed by atoms with E-state index in [2.05, 4.69) is 10.6 Å². The first kappa shape index (κ1) is 13.4. The molecule has 1 saturated carbocycles. The number of nitrogens with one attached hydrogen (secondary N) is 2. The Morgan fingerprint density at radius 3 is 2.42 bits per heavy atom. The van der Waals surface area contributed by atoms with Crippen LogP contribution in [0.1, 0.15) is 31.2 Å². The van der Waals surface area contributed by atoms with Crippen molar-refractivity contribution in [2.24, 2.45) is 0 Å². The molecular formula is C14H18N2O3. The number of hydrogen-bond acceptors (Lipinski definition) is 2. The summed E-state index contributed by atoms with van der Waals surface area (Å²) in [6.07, 6.45) is 2.64. The number of para-hydroxylation sites is 1. The number of hydrogen-bond donors (Lipinski definition) is 3.